The third kappa shape index (κ3) is 2.83. The quantitative estimate of drug-likeness (QED) is 0.323. The SMILES string of the molecule is CC=O.Cc1c(F)cc2nc3c(c4c2c1CCC4)Cn1c-3cc2c(c1=O)COC(=O)C2. The molecular weight excluding hydrogens is 399 g/mol. The molecule has 4 heterocycles. The van der Waals surface area contributed by atoms with E-state index in [0.717, 1.165) is 53.4 Å². The van der Waals surface area contributed by atoms with E-state index in [2.05, 4.69) is 0 Å². The summed E-state index contributed by atoms with van der Waals surface area (Å²) in [6.07, 6.45) is 3.58. The zero-order valence-electron chi connectivity index (χ0n) is 17.4. The molecule has 0 fully saturated rings. The first-order valence-corrected chi connectivity index (χ1v) is 10.4. The van der Waals surface area contributed by atoms with Crippen molar-refractivity contribution in [1.82, 2.24) is 9.55 Å². The van der Waals surface area contributed by atoms with E-state index in [4.69, 9.17) is 14.5 Å². The Hall–Kier alpha value is -3.35. The third-order valence-corrected chi connectivity index (χ3v) is 6.43. The highest BCUT2D eigenvalue weighted by Crippen LogP contribution is 2.41. The minimum atomic E-state index is -0.321. The highest BCUT2D eigenvalue weighted by atomic mass is 19.1. The zero-order valence-corrected chi connectivity index (χ0v) is 17.4. The molecule has 2 aliphatic heterocycles. The van der Waals surface area contributed by atoms with E-state index in [-0.39, 0.29) is 30.4 Å². The van der Waals surface area contributed by atoms with Gasteiger partial charge in [-0.3, -0.25) is 9.59 Å². The number of benzene rings is 1. The summed E-state index contributed by atoms with van der Waals surface area (Å²) in [5.74, 6) is -0.551. The molecule has 0 unspecified atom stereocenters. The maximum absolute atomic E-state index is 14.5. The van der Waals surface area contributed by atoms with Crippen LogP contribution in [0.3, 0.4) is 0 Å². The van der Waals surface area contributed by atoms with Gasteiger partial charge in [-0.1, -0.05) is 0 Å². The van der Waals surface area contributed by atoms with Crippen molar-refractivity contribution < 1.29 is 18.7 Å². The number of esters is 1. The van der Waals surface area contributed by atoms with Crippen molar-refractivity contribution in [3.8, 4) is 11.4 Å². The summed E-state index contributed by atoms with van der Waals surface area (Å²) in [5, 5.41) is 1.06. The Morgan fingerprint density at radius 1 is 1.13 bits per heavy atom. The first kappa shape index (κ1) is 19.6. The molecule has 0 N–H and O–H groups in total. The largest absolute Gasteiger partial charge is 0.460 e. The number of nitrogens with zero attached hydrogens (tertiary/aromatic N) is 2. The van der Waals surface area contributed by atoms with Gasteiger partial charge in [0.2, 0.25) is 0 Å². The Morgan fingerprint density at radius 3 is 2.65 bits per heavy atom. The maximum Gasteiger partial charge on any atom is 0.310 e. The molecule has 3 aromatic rings. The number of fused-ring (bicyclic) bond motifs is 5. The summed E-state index contributed by atoms with van der Waals surface area (Å²) in [4.78, 5) is 38.3. The van der Waals surface area contributed by atoms with Crippen LogP contribution in [0.15, 0.2) is 16.9 Å². The van der Waals surface area contributed by atoms with Crippen LogP contribution in [0.2, 0.25) is 0 Å². The minimum Gasteiger partial charge on any atom is -0.460 e. The minimum absolute atomic E-state index is 0.0282. The molecule has 31 heavy (non-hydrogen) atoms. The van der Waals surface area contributed by atoms with Crippen molar-refractivity contribution in [3.05, 3.63) is 61.7 Å². The highest BCUT2D eigenvalue weighted by Gasteiger charge is 2.32. The molecule has 0 bridgehead atoms. The molecule has 0 saturated heterocycles. The second kappa shape index (κ2) is 7.11. The maximum atomic E-state index is 14.5. The predicted molar refractivity (Wildman–Crippen MR) is 112 cm³/mol. The lowest BCUT2D eigenvalue weighted by Gasteiger charge is -2.21. The van der Waals surface area contributed by atoms with Crippen LogP contribution < -0.4 is 5.56 Å². The molecule has 1 aliphatic carbocycles. The van der Waals surface area contributed by atoms with E-state index in [9.17, 15) is 14.0 Å². The molecule has 2 aromatic heterocycles. The first-order valence-electron chi connectivity index (χ1n) is 10.4. The normalized spacial score (nSPS) is 15.4. The lowest BCUT2D eigenvalue weighted by atomic mass is 9.85. The van der Waals surface area contributed by atoms with Crippen LogP contribution in [0.1, 0.15) is 46.7 Å². The van der Waals surface area contributed by atoms with E-state index in [0.29, 0.717) is 28.8 Å². The monoisotopic (exact) mass is 420 g/mol. The number of ether oxygens (including phenoxy) is 1. The lowest BCUT2D eigenvalue weighted by Crippen LogP contribution is -2.30. The first-order chi connectivity index (χ1) is 14.9. The Bertz CT molecular complexity index is 1360. The Kier molecular flexibility index (Phi) is 4.50. The van der Waals surface area contributed by atoms with Gasteiger partial charge in [0.05, 0.1) is 35.4 Å². The fourth-order valence-corrected chi connectivity index (χ4v) is 5.03. The van der Waals surface area contributed by atoms with Gasteiger partial charge >= 0.3 is 5.97 Å². The van der Waals surface area contributed by atoms with Crippen molar-refractivity contribution in [3.63, 3.8) is 0 Å². The van der Waals surface area contributed by atoms with Gasteiger partial charge in [-0.15, -0.1) is 0 Å². The van der Waals surface area contributed by atoms with Gasteiger partial charge in [0.25, 0.3) is 5.56 Å². The van der Waals surface area contributed by atoms with E-state index in [1.54, 1.807) is 4.57 Å². The predicted octanol–water partition coefficient (Wildman–Crippen LogP) is 3.17. The number of hydrogen-bond acceptors (Lipinski definition) is 5. The zero-order chi connectivity index (χ0) is 21.9. The van der Waals surface area contributed by atoms with Crippen LogP contribution in [0.5, 0.6) is 0 Å². The Balaban J connectivity index is 0.000000646. The molecule has 7 heteroatoms. The molecule has 0 amide bonds. The van der Waals surface area contributed by atoms with Crippen molar-refractivity contribution in [2.45, 2.75) is 52.7 Å². The summed E-state index contributed by atoms with van der Waals surface area (Å²) in [6.45, 7) is 3.77. The van der Waals surface area contributed by atoms with Gasteiger partial charge in [0.15, 0.2) is 0 Å². The molecule has 158 valence electrons. The van der Waals surface area contributed by atoms with Crippen LogP contribution in [-0.2, 0) is 46.7 Å². The number of carbonyl (C=O) groups is 2. The average molecular weight is 420 g/mol. The van der Waals surface area contributed by atoms with Crippen molar-refractivity contribution >= 4 is 23.2 Å². The summed E-state index contributed by atoms with van der Waals surface area (Å²) in [7, 11) is 0. The van der Waals surface area contributed by atoms with Gasteiger partial charge in [-0.2, -0.15) is 0 Å². The number of cyclic esters (lactones) is 1. The van der Waals surface area contributed by atoms with Crippen LogP contribution in [-0.4, -0.2) is 21.8 Å². The number of hydrogen-bond donors (Lipinski definition) is 0. The van der Waals surface area contributed by atoms with Crippen LogP contribution in [0.4, 0.5) is 4.39 Å². The van der Waals surface area contributed by atoms with Gasteiger partial charge in [-0.25, -0.2) is 9.37 Å². The van der Waals surface area contributed by atoms with Crippen LogP contribution >= 0.6 is 0 Å². The molecule has 0 saturated carbocycles. The molecule has 0 radical (unpaired) electrons. The summed E-state index contributed by atoms with van der Waals surface area (Å²) in [5.41, 5.74) is 7.28. The molecule has 3 aliphatic rings. The molecule has 6 nitrogen and oxygen atoms in total. The highest BCUT2D eigenvalue weighted by molar-refractivity contribution is 5.92. The topological polar surface area (TPSA) is 78.3 Å². The third-order valence-electron chi connectivity index (χ3n) is 6.43. The fraction of sp³-hybridized carbons (Fsp3) is 0.333. The summed E-state index contributed by atoms with van der Waals surface area (Å²) < 4.78 is 21.3. The van der Waals surface area contributed by atoms with Gasteiger partial charge < -0.3 is 14.1 Å². The number of carbonyl (C=O) groups excluding carboxylic acids is 2. The number of aryl methyl sites for hydroxylation is 2. The molecule has 6 rings (SSSR count). The summed E-state index contributed by atoms with van der Waals surface area (Å²) in [6, 6.07) is 3.41. The molecule has 0 atom stereocenters. The van der Waals surface area contributed by atoms with Crippen molar-refractivity contribution in [2.24, 2.45) is 0 Å². The Labute approximate surface area is 177 Å². The van der Waals surface area contributed by atoms with E-state index in [1.165, 1.54) is 18.6 Å². The van der Waals surface area contributed by atoms with Crippen molar-refractivity contribution in [2.75, 3.05) is 0 Å². The van der Waals surface area contributed by atoms with Gasteiger partial charge in [0.1, 0.15) is 18.7 Å². The van der Waals surface area contributed by atoms with E-state index in [1.807, 2.05) is 13.0 Å². The average Bonchev–Trinajstić information content (AvgIpc) is 3.11. The molecular formula is C24H21FN2O4. The number of halogens is 1. The van der Waals surface area contributed by atoms with Gasteiger partial charge in [0, 0.05) is 17.0 Å². The molecule has 0 spiro atoms. The fourth-order valence-electron chi connectivity index (χ4n) is 5.03. The van der Waals surface area contributed by atoms with Crippen LogP contribution in [0, 0.1) is 12.7 Å². The number of aromatic nitrogens is 2. The van der Waals surface area contributed by atoms with Gasteiger partial charge in [-0.05, 0) is 61.4 Å². The smallest absolute Gasteiger partial charge is 0.310 e. The number of aldehydes is 1. The summed E-state index contributed by atoms with van der Waals surface area (Å²) >= 11 is 0. The van der Waals surface area contributed by atoms with E-state index >= 15 is 0 Å². The Morgan fingerprint density at radius 2 is 1.87 bits per heavy atom. The second-order valence-electron chi connectivity index (χ2n) is 8.12. The van der Waals surface area contributed by atoms with E-state index < -0.39 is 0 Å². The number of rotatable bonds is 0. The second-order valence-corrected chi connectivity index (χ2v) is 8.12. The molecule has 1 aromatic carbocycles. The standard InChI is InChI=1S/C22H17FN2O3.C2H4O/c1-10-12-3-2-4-13-14-8-25-18(21(14)24-17(20(12)13)7-16(10)23)5-11-6-19(26)28-9-15(11)22(25)27;1-2-3/h5,7H,2-4,6,8-9H2,1H3;2H,1H3. The van der Waals surface area contributed by atoms with Crippen LogP contribution in [0.25, 0.3) is 22.3 Å². The van der Waals surface area contributed by atoms with Crippen molar-refractivity contribution in [1.29, 1.82) is 0 Å². The number of pyridine rings is 2. The lowest BCUT2D eigenvalue weighted by molar-refractivity contribution is -0.145.